The van der Waals surface area contributed by atoms with E-state index in [1.165, 1.54) is 5.69 Å². The Bertz CT molecular complexity index is 302. The molecule has 1 aliphatic rings. The molecular weight excluding hydrogens is 178 g/mol. The van der Waals surface area contributed by atoms with E-state index in [0.29, 0.717) is 0 Å². The van der Waals surface area contributed by atoms with Gasteiger partial charge < -0.3 is 15.0 Å². The van der Waals surface area contributed by atoms with Crippen molar-refractivity contribution in [2.75, 3.05) is 32.0 Å². The zero-order valence-corrected chi connectivity index (χ0v) is 8.57. The fourth-order valence-corrected chi connectivity index (χ4v) is 1.78. The van der Waals surface area contributed by atoms with Crippen molar-refractivity contribution in [3.63, 3.8) is 0 Å². The van der Waals surface area contributed by atoms with Gasteiger partial charge in [-0.15, -0.1) is 0 Å². The van der Waals surface area contributed by atoms with Crippen LogP contribution < -0.4 is 5.73 Å². The molecule has 0 saturated carbocycles. The number of aromatic nitrogens is 1. The summed E-state index contributed by atoms with van der Waals surface area (Å²) in [6, 6.07) is 2.04. The van der Waals surface area contributed by atoms with Crippen LogP contribution in [-0.2, 0) is 18.3 Å². The van der Waals surface area contributed by atoms with Crippen molar-refractivity contribution in [3.8, 4) is 0 Å². The highest BCUT2D eigenvalue weighted by Crippen LogP contribution is 2.12. The molecule has 78 valence electrons. The molecule has 0 bridgehead atoms. The second kappa shape index (κ2) is 4.02. The molecular formula is C10H17N3O. The van der Waals surface area contributed by atoms with Gasteiger partial charge in [0.2, 0.25) is 0 Å². The van der Waals surface area contributed by atoms with Gasteiger partial charge in [-0.1, -0.05) is 0 Å². The van der Waals surface area contributed by atoms with Crippen molar-refractivity contribution >= 4 is 5.69 Å². The summed E-state index contributed by atoms with van der Waals surface area (Å²) in [5.74, 6) is 0. The van der Waals surface area contributed by atoms with Crippen LogP contribution in [0.15, 0.2) is 12.3 Å². The van der Waals surface area contributed by atoms with Gasteiger partial charge >= 0.3 is 0 Å². The molecule has 2 rings (SSSR count). The van der Waals surface area contributed by atoms with Crippen LogP contribution in [0, 0.1) is 0 Å². The molecule has 0 aliphatic carbocycles. The van der Waals surface area contributed by atoms with Crippen LogP contribution in [0.25, 0.3) is 0 Å². The second-order valence-corrected chi connectivity index (χ2v) is 3.76. The van der Waals surface area contributed by atoms with Crippen molar-refractivity contribution in [1.29, 1.82) is 0 Å². The SMILES string of the molecule is Cn1cc(N)cc1CN1CCOCC1. The van der Waals surface area contributed by atoms with E-state index in [-0.39, 0.29) is 0 Å². The lowest BCUT2D eigenvalue weighted by molar-refractivity contribution is 0.0333. The fraction of sp³-hybridized carbons (Fsp3) is 0.600. The molecule has 2 N–H and O–H groups in total. The first-order valence-corrected chi connectivity index (χ1v) is 4.96. The Labute approximate surface area is 84.2 Å². The predicted molar refractivity (Wildman–Crippen MR) is 55.9 cm³/mol. The first kappa shape index (κ1) is 9.55. The van der Waals surface area contributed by atoms with Gasteiger partial charge in [-0.25, -0.2) is 0 Å². The molecule has 1 fully saturated rings. The number of nitrogens with two attached hydrogens (primary N) is 1. The van der Waals surface area contributed by atoms with Gasteiger partial charge in [0.05, 0.1) is 13.2 Å². The minimum absolute atomic E-state index is 0.843. The van der Waals surface area contributed by atoms with Crippen molar-refractivity contribution in [1.82, 2.24) is 9.47 Å². The molecule has 0 radical (unpaired) electrons. The van der Waals surface area contributed by atoms with Crippen molar-refractivity contribution in [2.24, 2.45) is 7.05 Å². The van der Waals surface area contributed by atoms with E-state index < -0.39 is 0 Å². The van der Waals surface area contributed by atoms with Crippen molar-refractivity contribution < 1.29 is 4.74 Å². The number of hydrogen-bond acceptors (Lipinski definition) is 3. The highest BCUT2D eigenvalue weighted by molar-refractivity contribution is 5.38. The number of ether oxygens (including phenoxy) is 1. The Hall–Kier alpha value is -1.00. The van der Waals surface area contributed by atoms with Crippen LogP contribution in [0.5, 0.6) is 0 Å². The molecule has 1 aliphatic heterocycles. The number of rotatable bonds is 2. The minimum Gasteiger partial charge on any atom is -0.397 e. The van der Waals surface area contributed by atoms with Crippen LogP contribution in [0.3, 0.4) is 0 Å². The van der Waals surface area contributed by atoms with Crippen LogP contribution in [0.4, 0.5) is 5.69 Å². The zero-order chi connectivity index (χ0) is 9.97. The third-order valence-corrected chi connectivity index (χ3v) is 2.62. The summed E-state index contributed by atoms with van der Waals surface area (Å²) in [4.78, 5) is 2.39. The standard InChI is InChI=1S/C10H17N3O/c1-12-7-9(11)6-10(12)8-13-2-4-14-5-3-13/h6-7H,2-5,8,11H2,1H3. The van der Waals surface area contributed by atoms with Crippen molar-refractivity contribution in [2.45, 2.75) is 6.54 Å². The Kier molecular flexibility index (Phi) is 2.74. The molecule has 0 spiro atoms. The van der Waals surface area contributed by atoms with E-state index in [4.69, 9.17) is 10.5 Å². The molecule has 0 unspecified atom stereocenters. The van der Waals surface area contributed by atoms with Crippen LogP contribution in [-0.4, -0.2) is 35.8 Å². The first-order valence-electron chi connectivity index (χ1n) is 4.96. The number of hydrogen-bond donors (Lipinski definition) is 1. The first-order chi connectivity index (χ1) is 6.75. The fourth-order valence-electron chi connectivity index (χ4n) is 1.78. The number of nitrogens with zero attached hydrogens (tertiary/aromatic N) is 2. The average molecular weight is 195 g/mol. The average Bonchev–Trinajstić information content (AvgIpc) is 2.47. The molecule has 1 aromatic rings. The van der Waals surface area contributed by atoms with Crippen LogP contribution in [0.2, 0.25) is 0 Å². The highest BCUT2D eigenvalue weighted by Gasteiger charge is 2.12. The maximum atomic E-state index is 5.72. The smallest absolute Gasteiger partial charge is 0.0594 e. The number of morpholine rings is 1. The molecule has 0 amide bonds. The van der Waals surface area contributed by atoms with Crippen LogP contribution in [0.1, 0.15) is 5.69 Å². The summed E-state index contributed by atoms with van der Waals surface area (Å²) in [7, 11) is 2.03. The summed E-state index contributed by atoms with van der Waals surface area (Å²) in [5, 5.41) is 0. The number of aryl methyl sites for hydroxylation is 1. The predicted octanol–water partition coefficient (Wildman–Crippen LogP) is 0.440. The molecule has 2 heterocycles. The normalized spacial score (nSPS) is 18.6. The molecule has 4 heteroatoms. The third-order valence-electron chi connectivity index (χ3n) is 2.62. The number of nitrogen functional groups attached to an aromatic ring is 1. The van der Waals surface area contributed by atoms with Gasteiger partial charge in [-0.2, -0.15) is 0 Å². The second-order valence-electron chi connectivity index (χ2n) is 3.76. The van der Waals surface area contributed by atoms with E-state index in [0.717, 1.165) is 38.5 Å². The van der Waals surface area contributed by atoms with Gasteiger partial charge in [-0.05, 0) is 6.07 Å². The quantitative estimate of drug-likeness (QED) is 0.744. The van der Waals surface area contributed by atoms with Crippen molar-refractivity contribution in [3.05, 3.63) is 18.0 Å². The molecule has 1 saturated heterocycles. The van der Waals surface area contributed by atoms with Gasteiger partial charge in [-0.3, -0.25) is 4.90 Å². The summed E-state index contributed by atoms with van der Waals surface area (Å²) in [6.45, 7) is 4.70. The number of anilines is 1. The highest BCUT2D eigenvalue weighted by atomic mass is 16.5. The molecule has 4 nitrogen and oxygen atoms in total. The summed E-state index contributed by atoms with van der Waals surface area (Å²) in [6.07, 6.45) is 1.95. The maximum Gasteiger partial charge on any atom is 0.0594 e. The van der Waals surface area contributed by atoms with Gasteiger partial charge in [0.1, 0.15) is 0 Å². The summed E-state index contributed by atoms with van der Waals surface area (Å²) < 4.78 is 7.39. The van der Waals surface area contributed by atoms with Gasteiger partial charge in [0.15, 0.2) is 0 Å². The summed E-state index contributed by atoms with van der Waals surface area (Å²) in [5.41, 5.74) is 7.83. The Balaban J connectivity index is 1.98. The van der Waals surface area contributed by atoms with Gasteiger partial charge in [0, 0.05) is 44.3 Å². The lowest BCUT2D eigenvalue weighted by Crippen LogP contribution is -2.36. The van der Waals surface area contributed by atoms with E-state index in [1.54, 1.807) is 0 Å². The monoisotopic (exact) mass is 195 g/mol. The Morgan fingerprint density at radius 2 is 2.14 bits per heavy atom. The third kappa shape index (κ3) is 2.08. The topological polar surface area (TPSA) is 43.4 Å². The molecule has 14 heavy (non-hydrogen) atoms. The molecule has 0 atom stereocenters. The largest absolute Gasteiger partial charge is 0.397 e. The lowest BCUT2D eigenvalue weighted by Gasteiger charge is -2.26. The lowest BCUT2D eigenvalue weighted by atomic mass is 10.3. The molecule has 0 aromatic carbocycles. The van der Waals surface area contributed by atoms with E-state index in [1.807, 2.05) is 19.3 Å². The maximum absolute atomic E-state index is 5.72. The van der Waals surface area contributed by atoms with E-state index in [2.05, 4.69) is 9.47 Å². The Morgan fingerprint density at radius 1 is 1.43 bits per heavy atom. The van der Waals surface area contributed by atoms with Crippen LogP contribution >= 0.6 is 0 Å². The summed E-state index contributed by atoms with van der Waals surface area (Å²) >= 11 is 0. The van der Waals surface area contributed by atoms with E-state index in [9.17, 15) is 0 Å². The molecule has 1 aromatic heterocycles. The zero-order valence-electron chi connectivity index (χ0n) is 8.57. The van der Waals surface area contributed by atoms with E-state index >= 15 is 0 Å². The Morgan fingerprint density at radius 3 is 2.71 bits per heavy atom. The minimum atomic E-state index is 0.843. The van der Waals surface area contributed by atoms with Gasteiger partial charge in [0.25, 0.3) is 0 Å².